The first-order valence-corrected chi connectivity index (χ1v) is 8.56. The van der Waals surface area contributed by atoms with E-state index >= 15 is 0 Å². The normalized spacial score (nSPS) is 22.3. The van der Waals surface area contributed by atoms with Gasteiger partial charge in [-0.1, -0.05) is 12.8 Å². The first-order valence-electron chi connectivity index (χ1n) is 8.56. The molecule has 11 heteroatoms. The van der Waals surface area contributed by atoms with Gasteiger partial charge in [-0.25, -0.2) is 4.79 Å². The predicted molar refractivity (Wildman–Crippen MR) is 90.5 cm³/mol. The van der Waals surface area contributed by atoms with E-state index in [2.05, 4.69) is 5.92 Å². The van der Waals surface area contributed by atoms with Crippen molar-refractivity contribution in [3.63, 3.8) is 0 Å². The number of alkyl halides is 3. The largest absolute Gasteiger partial charge is 0.423 e. The maximum Gasteiger partial charge on any atom is 0.423 e. The molecule has 2 rings (SSSR count). The monoisotopic (exact) mass is 406 g/mol. The first kappa shape index (κ1) is 22.2. The molecule has 0 spiro atoms. The maximum absolute atomic E-state index is 13.0. The minimum absolute atomic E-state index is 0.0110. The number of nitrogens with zero attached hydrogens (tertiary/aromatic N) is 1. The van der Waals surface area contributed by atoms with E-state index in [1.807, 2.05) is 6.92 Å². The molecule has 1 aliphatic rings. The van der Waals surface area contributed by atoms with Gasteiger partial charge in [-0.15, -0.1) is 6.42 Å². The summed E-state index contributed by atoms with van der Waals surface area (Å²) >= 11 is 0. The van der Waals surface area contributed by atoms with Gasteiger partial charge in [0, 0.05) is 19.2 Å². The summed E-state index contributed by atoms with van der Waals surface area (Å²) < 4.78 is 61.3. The van der Waals surface area contributed by atoms with Crippen molar-refractivity contribution in [2.24, 2.45) is 0 Å². The molecule has 1 aromatic rings. The molecule has 0 saturated carbocycles. The Morgan fingerprint density at radius 1 is 1.39 bits per heavy atom. The Morgan fingerprint density at radius 3 is 2.79 bits per heavy atom. The van der Waals surface area contributed by atoms with E-state index in [4.69, 9.17) is 25.4 Å². The molecule has 156 valence electrons. The Labute approximate surface area is 158 Å². The lowest BCUT2D eigenvalue weighted by atomic mass is 10.2. The van der Waals surface area contributed by atoms with E-state index in [0.717, 1.165) is 6.42 Å². The molecule has 0 aromatic carbocycles. The van der Waals surface area contributed by atoms with Gasteiger partial charge in [-0.05, 0) is 6.42 Å². The molecule has 0 bridgehead atoms. The van der Waals surface area contributed by atoms with Crippen LogP contribution in [-0.2, 0) is 25.1 Å². The Kier molecular flexibility index (Phi) is 7.82. The van der Waals surface area contributed by atoms with Crippen molar-refractivity contribution in [1.82, 2.24) is 9.55 Å². The van der Waals surface area contributed by atoms with Gasteiger partial charge >= 0.3 is 11.9 Å². The molecule has 1 aromatic heterocycles. The molecule has 0 radical (unpaired) electrons. The summed E-state index contributed by atoms with van der Waals surface area (Å²) in [5.41, 5.74) is -4.03. The van der Waals surface area contributed by atoms with Crippen molar-refractivity contribution in [3.8, 4) is 12.3 Å². The van der Waals surface area contributed by atoms with Gasteiger partial charge in [-0.2, -0.15) is 13.2 Å². The SMILES string of the molecule is C#CCO[C@H]1C[C@H](n2cc(C(F)(F)F)c(=O)[nH]c2=O)O[C@@H]1COCOCCC. The van der Waals surface area contributed by atoms with E-state index in [-0.39, 0.29) is 26.4 Å². The number of nitrogens with one attached hydrogen (secondary N) is 1. The Balaban J connectivity index is 2.16. The molecule has 0 amide bonds. The molecule has 1 saturated heterocycles. The van der Waals surface area contributed by atoms with Crippen LogP contribution in [-0.4, -0.2) is 48.4 Å². The Hall–Kier alpha value is -2.13. The minimum Gasteiger partial charge on any atom is -0.363 e. The zero-order valence-electron chi connectivity index (χ0n) is 15.2. The molecule has 8 nitrogen and oxygen atoms in total. The second-order valence-electron chi connectivity index (χ2n) is 6.02. The van der Waals surface area contributed by atoms with Gasteiger partial charge in [0.2, 0.25) is 0 Å². The van der Waals surface area contributed by atoms with Gasteiger partial charge in [0.1, 0.15) is 31.3 Å². The summed E-state index contributed by atoms with van der Waals surface area (Å²) in [6.07, 6.45) is -0.813. The van der Waals surface area contributed by atoms with Crippen molar-refractivity contribution in [3.05, 3.63) is 32.6 Å². The lowest BCUT2D eigenvalue weighted by Gasteiger charge is -2.18. The van der Waals surface area contributed by atoms with Crippen LogP contribution in [0.15, 0.2) is 15.8 Å². The van der Waals surface area contributed by atoms with E-state index in [1.54, 1.807) is 4.98 Å². The second kappa shape index (κ2) is 9.88. The zero-order chi connectivity index (χ0) is 20.7. The standard InChI is InChI=1S/C17H21F3N2O6/c1-3-5-25-10-26-9-13-12(27-6-4-2)7-14(28-13)22-8-11(17(18,19)20)15(23)21-16(22)24/h2,8,12-14H,3,5-7,9-10H2,1H3,(H,21,23,24)/t12-,13+,14+/m0/s1. The number of hydrogen-bond donors (Lipinski definition) is 1. The first-order chi connectivity index (χ1) is 13.3. The fourth-order valence-corrected chi connectivity index (χ4v) is 2.68. The van der Waals surface area contributed by atoms with E-state index in [1.165, 1.54) is 0 Å². The topological polar surface area (TPSA) is 91.8 Å². The van der Waals surface area contributed by atoms with Crippen LogP contribution in [0.5, 0.6) is 0 Å². The van der Waals surface area contributed by atoms with Crippen LogP contribution < -0.4 is 11.2 Å². The quantitative estimate of drug-likeness (QED) is 0.377. The van der Waals surface area contributed by atoms with E-state index < -0.39 is 41.4 Å². The van der Waals surface area contributed by atoms with Crippen LogP contribution in [0.1, 0.15) is 31.6 Å². The smallest absolute Gasteiger partial charge is 0.363 e. The van der Waals surface area contributed by atoms with Crippen molar-refractivity contribution in [2.75, 3.05) is 26.6 Å². The van der Waals surface area contributed by atoms with Crippen molar-refractivity contribution in [1.29, 1.82) is 0 Å². The number of hydrogen-bond acceptors (Lipinski definition) is 6. The third-order valence-electron chi connectivity index (χ3n) is 3.94. The molecule has 0 unspecified atom stereocenters. The number of aromatic nitrogens is 2. The zero-order valence-corrected chi connectivity index (χ0v) is 15.2. The van der Waals surface area contributed by atoms with Crippen LogP contribution in [0.3, 0.4) is 0 Å². The van der Waals surface area contributed by atoms with Gasteiger partial charge in [0.05, 0.1) is 12.7 Å². The van der Waals surface area contributed by atoms with Crippen molar-refractivity contribution < 1.29 is 32.1 Å². The highest BCUT2D eigenvalue weighted by Crippen LogP contribution is 2.31. The maximum atomic E-state index is 13.0. The third-order valence-corrected chi connectivity index (χ3v) is 3.94. The van der Waals surface area contributed by atoms with Crippen LogP contribution >= 0.6 is 0 Å². The van der Waals surface area contributed by atoms with E-state index in [9.17, 15) is 22.8 Å². The lowest BCUT2D eigenvalue weighted by molar-refractivity contribution is -0.140. The molecular weight excluding hydrogens is 385 g/mol. The number of halogens is 3. The number of aromatic amines is 1. The van der Waals surface area contributed by atoms with Gasteiger partial charge in [0.25, 0.3) is 5.56 Å². The van der Waals surface area contributed by atoms with Crippen LogP contribution in [0, 0.1) is 12.3 Å². The summed E-state index contributed by atoms with van der Waals surface area (Å²) in [5.74, 6) is 2.29. The highest BCUT2D eigenvalue weighted by Gasteiger charge is 2.40. The number of terminal acetylenes is 1. The highest BCUT2D eigenvalue weighted by molar-refractivity contribution is 5.09. The second-order valence-corrected chi connectivity index (χ2v) is 6.02. The van der Waals surface area contributed by atoms with Gasteiger partial charge < -0.3 is 18.9 Å². The summed E-state index contributed by atoms with van der Waals surface area (Å²) in [6.45, 7) is 2.44. The average Bonchev–Trinajstić information content (AvgIpc) is 3.01. The summed E-state index contributed by atoms with van der Waals surface area (Å²) in [4.78, 5) is 25.1. The number of ether oxygens (including phenoxy) is 4. The number of rotatable bonds is 9. The summed E-state index contributed by atoms with van der Waals surface area (Å²) in [6, 6.07) is 0. The Morgan fingerprint density at radius 2 is 2.14 bits per heavy atom. The summed E-state index contributed by atoms with van der Waals surface area (Å²) in [7, 11) is 0. The van der Waals surface area contributed by atoms with Crippen LogP contribution in [0.2, 0.25) is 0 Å². The van der Waals surface area contributed by atoms with Crippen LogP contribution in [0.25, 0.3) is 0 Å². The van der Waals surface area contributed by atoms with Gasteiger partial charge in [-0.3, -0.25) is 14.3 Å². The fourth-order valence-electron chi connectivity index (χ4n) is 2.68. The minimum atomic E-state index is -4.92. The lowest BCUT2D eigenvalue weighted by Crippen LogP contribution is -2.36. The van der Waals surface area contributed by atoms with Crippen LogP contribution in [0.4, 0.5) is 13.2 Å². The molecule has 1 N–H and O–H groups in total. The van der Waals surface area contributed by atoms with Gasteiger partial charge in [0.15, 0.2) is 0 Å². The highest BCUT2D eigenvalue weighted by atomic mass is 19.4. The molecule has 28 heavy (non-hydrogen) atoms. The predicted octanol–water partition coefficient (Wildman–Crippen LogP) is 1.26. The van der Waals surface area contributed by atoms with E-state index in [0.29, 0.717) is 17.4 Å². The molecule has 1 fully saturated rings. The Bertz CT molecular complexity index is 798. The molecule has 2 heterocycles. The third kappa shape index (κ3) is 5.68. The van der Waals surface area contributed by atoms with Crippen molar-refractivity contribution >= 4 is 0 Å². The molecule has 1 aliphatic heterocycles. The average molecular weight is 406 g/mol. The molecular formula is C17H21F3N2O6. The fraction of sp³-hybridized carbons (Fsp3) is 0.647. The summed E-state index contributed by atoms with van der Waals surface area (Å²) in [5, 5.41) is 0. The molecule has 0 aliphatic carbocycles. The number of H-pyrrole nitrogens is 1. The van der Waals surface area contributed by atoms with Crippen molar-refractivity contribution in [2.45, 2.75) is 44.4 Å². The molecule has 3 atom stereocenters.